The lowest BCUT2D eigenvalue weighted by molar-refractivity contribution is -0.135. The first-order chi connectivity index (χ1) is 6.63. The van der Waals surface area contributed by atoms with Crippen LogP contribution in [0.1, 0.15) is 33.1 Å². The minimum absolute atomic E-state index is 0.250. The van der Waals surface area contributed by atoms with E-state index < -0.39 is 0 Å². The number of hydrogen-bond donors (Lipinski definition) is 0. The number of rotatable bonds is 3. The van der Waals surface area contributed by atoms with Gasteiger partial charge in [0.05, 0.1) is 6.10 Å². The molecule has 0 aromatic rings. The molecule has 1 heterocycles. The SMILES string of the molecule is COC1CCCN(C(=O)CC(C)C)C1. The van der Waals surface area contributed by atoms with Gasteiger partial charge in [0.2, 0.25) is 5.91 Å². The van der Waals surface area contributed by atoms with Crippen LogP contribution in [0.3, 0.4) is 0 Å². The summed E-state index contributed by atoms with van der Waals surface area (Å²) in [5.41, 5.74) is 0. The maximum Gasteiger partial charge on any atom is 0.222 e. The summed E-state index contributed by atoms with van der Waals surface area (Å²) in [5, 5.41) is 0. The van der Waals surface area contributed by atoms with Gasteiger partial charge >= 0.3 is 0 Å². The summed E-state index contributed by atoms with van der Waals surface area (Å²) in [5.74, 6) is 0.729. The zero-order valence-electron chi connectivity index (χ0n) is 9.45. The van der Waals surface area contributed by atoms with Crippen molar-refractivity contribution in [1.82, 2.24) is 4.90 Å². The normalized spacial score (nSPS) is 22.9. The monoisotopic (exact) mass is 199 g/mol. The fourth-order valence-electron chi connectivity index (χ4n) is 1.84. The summed E-state index contributed by atoms with van der Waals surface area (Å²) < 4.78 is 5.28. The van der Waals surface area contributed by atoms with E-state index >= 15 is 0 Å². The van der Waals surface area contributed by atoms with E-state index in [4.69, 9.17) is 4.74 Å². The molecule has 0 N–H and O–H groups in total. The van der Waals surface area contributed by atoms with Gasteiger partial charge in [-0.3, -0.25) is 4.79 Å². The van der Waals surface area contributed by atoms with Gasteiger partial charge in [-0.2, -0.15) is 0 Å². The van der Waals surface area contributed by atoms with E-state index in [1.807, 2.05) is 4.90 Å². The van der Waals surface area contributed by atoms with Crippen molar-refractivity contribution in [3.63, 3.8) is 0 Å². The third kappa shape index (κ3) is 3.29. The van der Waals surface area contributed by atoms with E-state index in [2.05, 4.69) is 13.8 Å². The van der Waals surface area contributed by atoms with Crippen LogP contribution in [0, 0.1) is 5.92 Å². The fraction of sp³-hybridized carbons (Fsp3) is 0.909. The molecule has 0 radical (unpaired) electrons. The van der Waals surface area contributed by atoms with Crippen molar-refractivity contribution in [3.8, 4) is 0 Å². The van der Waals surface area contributed by atoms with Crippen LogP contribution < -0.4 is 0 Å². The van der Waals surface area contributed by atoms with Crippen molar-refractivity contribution in [2.24, 2.45) is 5.92 Å². The molecule has 3 heteroatoms. The van der Waals surface area contributed by atoms with Crippen LogP contribution in [0.25, 0.3) is 0 Å². The molecule has 0 saturated carbocycles. The standard InChI is InChI=1S/C11H21NO2/c1-9(2)7-11(13)12-6-4-5-10(8-12)14-3/h9-10H,4-8H2,1-3H3. The van der Waals surface area contributed by atoms with Crippen LogP contribution in [-0.4, -0.2) is 37.1 Å². The van der Waals surface area contributed by atoms with E-state index in [-0.39, 0.29) is 12.0 Å². The minimum atomic E-state index is 0.250. The molecule has 1 fully saturated rings. The largest absolute Gasteiger partial charge is 0.380 e. The van der Waals surface area contributed by atoms with Crippen molar-refractivity contribution in [3.05, 3.63) is 0 Å². The molecule has 1 saturated heterocycles. The third-order valence-electron chi connectivity index (χ3n) is 2.65. The first-order valence-corrected chi connectivity index (χ1v) is 5.44. The molecule has 1 rings (SSSR count). The Bertz CT molecular complexity index is 192. The molecule has 0 bridgehead atoms. The van der Waals surface area contributed by atoms with E-state index in [9.17, 15) is 4.79 Å². The molecule has 1 aliphatic heterocycles. The number of likely N-dealkylation sites (tertiary alicyclic amines) is 1. The Morgan fingerprint density at radius 2 is 2.29 bits per heavy atom. The van der Waals surface area contributed by atoms with Crippen molar-refractivity contribution < 1.29 is 9.53 Å². The highest BCUT2D eigenvalue weighted by Crippen LogP contribution is 2.14. The van der Waals surface area contributed by atoms with Gasteiger partial charge in [0.25, 0.3) is 0 Å². The van der Waals surface area contributed by atoms with Crippen LogP contribution >= 0.6 is 0 Å². The number of methoxy groups -OCH3 is 1. The van der Waals surface area contributed by atoms with Crippen LogP contribution in [0.2, 0.25) is 0 Å². The van der Waals surface area contributed by atoms with Gasteiger partial charge in [0.15, 0.2) is 0 Å². The Hall–Kier alpha value is -0.570. The van der Waals surface area contributed by atoms with E-state index in [1.165, 1.54) is 0 Å². The molecule has 1 aliphatic rings. The molecule has 1 atom stereocenters. The molecule has 0 aromatic carbocycles. The average molecular weight is 199 g/mol. The smallest absolute Gasteiger partial charge is 0.222 e. The highest BCUT2D eigenvalue weighted by molar-refractivity contribution is 5.76. The summed E-state index contributed by atoms with van der Waals surface area (Å²) in [6, 6.07) is 0. The molecule has 82 valence electrons. The number of carbonyl (C=O) groups is 1. The average Bonchev–Trinajstić information content (AvgIpc) is 2.17. The Morgan fingerprint density at radius 3 is 2.86 bits per heavy atom. The summed E-state index contributed by atoms with van der Waals surface area (Å²) in [7, 11) is 1.72. The van der Waals surface area contributed by atoms with Gasteiger partial charge in [0.1, 0.15) is 0 Å². The van der Waals surface area contributed by atoms with E-state index in [0.717, 1.165) is 25.9 Å². The molecule has 0 aromatic heterocycles. The molecule has 14 heavy (non-hydrogen) atoms. The van der Waals surface area contributed by atoms with Gasteiger partial charge in [-0.25, -0.2) is 0 Å². The number of amides is 1. The lowest BCUT2D eigenvalue weighted by atomic mass is 10.1. The second-order valence-corrected chi connectivity index (χ2v) is 4.44. The Kier molecular flexibility index (Phi) is 4.39. The Balaban J connectivity index is 2.39. The minimum Gasteiger partial charge on any atom is -0.380 e. The summed E-state index contributed by atoms with van der Waals surface area (Å²) >= 11 is 0. The topological polar surface area (TPSA) is 29.5 Å². The molecular weight excluding hydrogens is 178 g/mol. The van der Waals surface area contributed by atoms with Gasteiger partial charge in [-0.1, -0.05) is 13.8 Å². The van der Waals surface area contributed by atoms with Crippen molar-refractivity contribution in [1.29, 1.82) is 0 Å². The predicted octanol–water partition coefficient (Wildman–Crippen LogP) is 1.67. The number of nitrogens with zero attached hydrogens (tertiary/aromatic N) is 1. The summed E-state index contributed by atoms with van der Waals surface area (Å²) in [6.07, 6.45) is 3.07. The van der Waals surface area contributed by atoms with E-state index in [1.54, 1.807) is 7.11 Å². The van der Waals surface area contributed by atoms with Crippen LogP contribution in [-0.2, 0) is 9.53 Å². The fourth-order valence-corrected chi connectivity index (χ4v) is 1.84. The molecule has 0 spiro atoms. The number of ether oxygens (including phenoxy) is 1. The third-order valence-corrected chi connectivity index (χ3v) is 2.65. The second-order valence-electron chi connectivity index (χ2n) is 4.44. The molecule has 3 nitrogen and oxygen atoms in total. The Morgan fingerprint density at radius 1 is 1.57 bits per heavy atom. The molecule has 1 amide bonds. The molecule has 0 aliphatic carbocycles. The van der Waals surface area contributed by atoms with Crippen molar-refractivity contribution in [2.75, 3.05) is 20.2 Å². The summed E-state index contributed by atoms with van der Waals surface area (Å²) in [4.78, 5) is 13.7. The molecule has 1 unspecified atom stereocenters. The maximum atomic E-state index is 11.7. The Labute approximate surface area is 86.4 Å². The predicted molar refractivity (Wildman–Crippen MR) is 56.1 cm³/mol. The van der Waals surface area contributed by atoms with Crippen molar-refractivity contribution in [2.45, 2.75) is 39.2 Å². The van der Waals surface area contributed by atoms with Gasteiger partial charge in [-0.15, -0.1) is 0 Å². The van der Waals surface area contributed by atoms with Crippen LogP contribution in [0.4, 0.5) is 0 Å². The first kappa shape index (κ1) is 11.5. The van der Waals surface area contributed by atoms with Crippen molar-refractivity contribution >= 4 is 5.91 Å². The molecular formula is C11H21NO2. The quantitative estimate of drug-likeness (QED) is 0.692. The van der Waals surface area contributed by atoms with Gasteiger partial charge in [0, 0.05) is 26.6 Å². The lowest BCUT2D eigenvalue weighted by Gasteiger charge is -2.32. The highest BCUT2D eigenvalue weighted by atomic mass is 16.5. The van der Waals surface area contributed by atoms with Gasteiger partial charge in [-0.05, 0) is 18.8 Å². The van der Waals surface area contributed by atoms with Crippen LogP contribution in [0.15, 0.2) is 0 Å². The number of hydrogen-bond acceptors (Lipinski definition) is 2. The maximum absolute atomic E-state index is 11.7. The number of carbonyl (C=O) groups excluding carboxylic acids is 1. The second kappa shape index (κ2) is 5.35. The van der Waals surface area contributed by atoms with E-state index in [0.29, 0.717) is 12.3 Å². The summed E-state index contributed by atoms with van der Waals surface area (Å²) in [6.45, 7) is 5.85. The van der Waals surface area contributed by atoms with Gasteiger partial charge < -0.3 is 9.64 Å². The first-order valence-electron chi connectivity index (χ1n) is 5.44. The van der Waals surface area contributed by atoms with Crippen LogP contribution in [0.5, 0.6) is 0 Å². The number of piperidine rings is 1. The zero-order valence-corrected chi connectivity index (χ0v) is 9.45. The zero-order chi connectivity index (χ0) is 10.6. The highest BCUT2D eigenvalue weighted by Gasteiger charge is 2.23. The lowest BCUT2D eigenvalue weighted by Crippen LogP contribution is -2.43.